The van der Waals surface area contributed by atoms with Gasteiger partial charge in [0, 0.05) is 19.8 Å². The molecule has 1 atom stereocenters. The Balaban J connectivity index is 0.00000338. The molecule has 142 valence electrons. The van der Waals surface area contributed by atoms with E-state index in [2.05, 4.69) is 27.5 Å². The third-order valence-corrected chi connectivity index (χ3v) is 3.94. The largest absolute Gasteiger partial charge is 0.489 e. The van der Waals surface area contributed by atoms with Crippen molar-refractivity contribution in [2.24, 2.45) is 4.99 Å². The Morgan fingerprint density at radius 1 is 1.19 bits per heavy atom. The molecule has 2 N–H and O–H groups in total. The quantitative estimate of drug-likeness (QED) is 0.256. The van der Waals surface area contributed by atoms with E-state index in [1.807, 2.05) is 36.4 Å². The highest BCUT2D eigenvalue weighted by Crippen LogP contribution is 2.12. The van der Waals surface area contributed by atoms with Gasteiger partial charge in [0.2, 0.25) is 0 Å². The number of halogens is 2. The molecule has 0 aliphatic heterocycles. The number of hydrogen-bond donors (Lipinski definition) is 2. The molecule has 0 bridgehead atoms. The lowest BCUT2D eigenvalue weighted by atomic mass is 10.2. The summed E-state index contributed by atoms with van der Waals surface area (Å²) in [4.78, 5) is 8.33. The van der Waals surface area contributed by atoms with Gasteiger partial charge in [-0.2, -0.15) is 0 Å². The molecule has 5 nitrogen and oxygen atoms in total. The fourth-order valence-corrected chi connectivity index (χ4v) is 2.38. The molecule has 1 unspecified atom stereocenters. The molecule has 0 spiro atoms. The Kier molecular flexibility index (Phi) is 11.0. The Labute approximate surface area is 177 Å². The Morgan fingerprint density at radius 3 is 2.58 bits per heavy atom. The summed E-state index contributed by atoms with van der Waals surface area (Å²) in [6.07, 6.45) is 3.64. The Hall–Kier alpha value is -1.54. The van der Waals surface area contributed by atoms with E-state index in [0.29, 0.717) is 11.7 Å². The fourth-order valence-electron chi connectivity index (χ4n) is 2.27. The first-order valence-corrected chi connectivity index (χ1v) is 8.85. The molecule has 2 aromatic rings. The molecule has 26 heavy (non-hydrogen) atoms. The van der Waals surface area contributed by atoms with Crippen molar-refractivity contribution in [1.82, 2.24) is 15.6 Å². The number of nitrogens with one attached hydrogen (secondary N) is 2. The highest BCUT2D eigenvalue weighted by molar-refractivity contribution is 14.0. The van der Waals surface area contributed by atoms with Crippen LogP contribution >= 0.6 is 35.6 Å². The predicted molar refractivity (Wildman–Crippen MR) is 119 cm³/mol. The van der Waals surface area contributed by atoms with Gasteiger partial charge in [0.15, 0.2) is 5.96 Å². The second-order valence-corrected chi connectivity index (χ2v) is 5.97. The number of ether oxygens (including phenoxy) is 1. The molecule has 7 heteroatoms. The lowest BCUT2D eigenvalue weighted by molar-refractivity contribution is 0.199. The number of benzene rings is 1. The van der Waals surface area contributed by atoms with E-state index < -0.39 is 0 Å². The number of para-hydroxylation sites is 1. The van der Waals surface area contributed by atoms with Crippen molar-refractivity contribution in [3.05, 3.63) is 59.4 Å². The second-order valence-electron chi connectivity index (χ2n) is 5.58. The zero-order valence-corrected chi connectivity index (χ0v) is 18.2. The van der Waals surface area contributed by atoms with Gasteiger partial charge < -0.3 is 15.4 Å². The van der Waals surface area contributed by atoms with Gasteiger partial charge in [-0.15, -0.1) is 24.0 Å². The van der Waals surface area contributed by atoms with Crippen LogP contribution in [0.15, 0.2) is 53.7 Å². The van der Waals surface area contributed by atoms with Crippen molar-refractivity contribution >= 4 is 41.5 Å². The summed E-state index contributed by atoms with van der Waals surface area (Å²) >= 11 is 5.79. The first kappa shape index (κ1) is 22.5. The Morgan fingerprint density at radius 2 is 1.96 bits per heavy atom. The molecule has 0 fully saturated rings. The van der Waals surface area contributed by atoms with Crippen molar-refractivity contribution in [3.63, 3.8) is 0 Å². The number of rotatable bonds is 8. The predicted octanol–water partition coefficient (Wildman–Crippen LogP) is 3.92. The number of aliphatic imine (C=N–C) groups is 1. The van der Waals surface area contributed by atoms with Crippen LogP contribution in [0.5, 0.6) is 5.75 Å². The van der Waals surface area contributed by atoms with Crippen LogP contribution in [0, 0.1) is 0 Å². The summed E-state index contributed by atoms with van der Waals surface area (Å²) in [6, 6.07) is 13.6. The molecule has 0 aliphatic carbocycles. The summed E-state index contributed by atoms with van der Waals surface area (Å²) < 4.78 is 5.98. The number of pyridine rings is 1. The van der Waals surface area contributed by atoms with Crippen LogP contribution < -0.4 is 15.4 Å². The minimum atomic E-state index is 0. The lowest BCUT2D eigenvalue weighted by Gasteiger charge is -2.20. The van der Waals surface area contributed by atoms with Gasteiger partial charge in [0.05, 0.1) is 6.54 Å². The average molecular weight is 489 g/mol. The van der Waals surface area contributed by atoms with Crippen molar-refractivity contribution in [3.8, 4) is 5.75 Å². The number of hydrogen-bond acceptors (Lipinski definition) is 3. The van der Waals surface area contributed by atoms with Crippen molar-refractivity contribution in [2.45, 2.75) is 25.9 Å². The molecular weight excluding hydrogens is 463 g/mol. The highest BCUT2D eigenvalue weighted by Gasteiger charge is 2.09. The maximum absolute atomic E-state index is 5.98. The number of guanidine groups is 1. The van der Waals surface area contributed by atoms with Crippen LogP contribution in [0.1, 0.15) is 18.9 Å². The number of aromatic nitrogens is 1. The van der Waals surface area contributed by atoms with Crippen molar-refractivity contribution in [2.75, 3.05) is 20.1 Å². The monoisotopic (exact) mass is 488 g/mol. The van der Waals surface area contributed by atoms with Gasteiger partial charge in [0.1, 0.15) is 17.0 Å². The highest BCUT2D eigenvalue weighted by atomic mass is 127. The summed E-state index contributed by atoms with van der Waals surface area (Å²) in [5, 5.41) is 7.12. The average Bonchev–Trinajstić information content (AvgIpc) is 2.65. The fraction of sp³-hybridized carbons (Fsp3) is 0.368. The maximum atomic E-state index is 5.98. The smallest absolute Gasteiger partial charge is 0.191 e. The van der Waals surface area contributed by atoms with E-state index in [1.54, 1.807) is 19.3 Å². The molecule has 1 aromatic carbocycles. The maximum Gasteiger partial charge on any atom is 0.191 e. The zero-order valence-electron chi connectivity index (χ0n) is 15.1. The summed E-state index contributed by atoms with van der Waals surface area (Å²) in [6.45, 7) is 3.56. The minimum absolute atomic E-state index is 0. The first-order chi connectivity index (χ1) is 12.2. The molecule has 0 saturated carbocycles. The van der Waals surface area contributed by atoms with Crippen LogP contribution in [0.4, 0.5) is 0 Å². The minimum Gasteiger partial charge on any atom is -0.489 e. The van der Waals surface area contributed by atoms with Gasteiger partial charge in [-0.25, -0.2) is 4.98 Å². The molecule has 0 amide bonds. The van der Waals surface area contributed by atoms with Crippen LogP contribution in [0.2, 0.25) is 5.15 Å². The molecule has 0 radical (unpaired) electrons. The lowest BCUT2D eigenvalue weighted by Crippen LogP contribution is -2.43. The standard InChI is InChI=1S/C19H25ClN4O.HI/c1-3-16(25-17-7-5-4-6-8-17)14-24-19(21-2)22-12-11-15-9-10-18(20)23-13-15;/h4-10,13,16H,3,11-12,14H2,1-2H3,(H2,21,22,24);1H. The van der Waals surface area contributed by atoms with Gasteiger partial charge in [0.25, 0.3) is 0 Å². The van der Waals surface area contributed by atoms with E-state index in [4.69, 9.17) is 16.3 Å². The van der Waals surface area contributed by atoms with Crippen LogP contribution in [0.3, 0.4) is 0 Å². The van der Waals surface area contributed by atoms with Crippen LogP contribution in [-0.2, 0) is 6.42 Å². The number of nitrogens with zero attached hydrogens (tertiary/aromatic N) is 2. The van der Waals surface area contributed by atoms with Gasteiger partial charge >= 0.3 is 0 Å². The summed E-state index contributed by atoms with van der Waals surface area (Å²) in [5.74, 6) is 1.64. The third-order valence-electron chi connectivity index (χ3n) is 3.72. The molecular formula is C19H26ClIN4O. The van der Waals surface area contributed by atoms with Gasteiger partial charge in [-0.05, 0) is 36.6 Å². The van der Waals surface area contributed by atoms with E-state index in [9.17, 15) is 0 Å². The molecule has 2 rings (SSSR count). The van der Waals surface area contributed by atoms with Crippen LogP contribution in [0.25, 0.3) is 0 Å². The normalized spacial score (nSPS) is 12.0. The van der Waals surface area contributed by atoms with Crippen molar-refractivity contribution in [1.29, 1.82) is 0 Å². The summed E-state index contributed by atoms with van der Waals surface area (Å²) in [5.41, 5.74) is 1.13. The van der Waals surface area contributed by atoms with Crippen molar-refractivity contribution < 1.29 is 4.74 Å². The van der Waals surface area contributed by atoms with E-state index in [-0.39, 0.29) is 30.1 Å². The van der Waals surface area contributed by atoms with Gasteiger partial charge in [-0.3, -0.25) is 4.99 Å². The molecule has 0 saturated heterocycles. The van der Waals surface area contributed by atoms with E-state index in [1.165, 1.54) is 0 Å². The summed E-state index contributed by atoms with van der Waals surface area (Å²) in [7, 11) is 1.76. The van der Waals surface area contributed by atoms with E-state index >= 15 is 0 Å². The van der Waals surface area contributed by atoms with E-state index in [0.717, 1.165) is 36.7 Å². The zero-order chi connectivity index (χ0) is 17.9. The second kappa shape index (κ2) is 12.8. The van der Waals surface area contributed by atoms with Crippen LogP contribution in [-0.4, -0.2) is 37.2 Å². The molecule has 1 aromatic heterocycles. The topological polar surface area (TPSA) is 58.5 Å². The first-order valence-electron chi connectivity index (χ1n) is 8.48. The third kappa shape index (κ3) is 8.23. The SMILES string of the molecule is CCC(CNC(=NC)NCCc1ccc(Cl)nc1)Oc1ccccc1.I. The molecule has 0 aliphatic rings. The Bertz CT molecular complexity index is 652. The van der Waals surface area contributed by atoms with Gasteiger partial charge in [-0.1, -0.05) is 42.8 Å². The molecule has 1 heterocycles.